The van der Waals surface area contributed by atoms with Crippen LogP contribution in [0.25, 0.3) is 0 Å². The van der Waals surface area contributed by atoms with Crippen LogP contribution in [0, 0.1) is 11.8 Å². The van der Waals surface area contributed by atoms with E-state index in [1.807, 2.05) is 27.7 Å². The van der Waals surface area contributed by atoms with E-state index in [-0.39, 0.29) is 41.6 Å². The van der Waals surface area contributed by atoms with Gasteiger partial charge in [0.15, 0.2) is 0 Å². The van der Waals surface area contributed by atoms with Gasteiger partial charge in [-0.2, -0.15) is 0 Å². The molecule has 3 amide bonds. The third kappa shape index (κ3) is 6.74. The van der Waals surface area contributed by atoms with Crippen molar-refractivity contribution in [2.75, 3.05) is 0 Å². The molecule has 3 N–H and O–H groups in total. The fourth-order valence-electron chi connectivity index (χ4n) is 3.65. The molecule has 2 rings (SSSR count). The van der Waals surface area contributed by atoms with Gasteiger partial charge in [-0.15, -0.1) is 0 Å². The number of amides is 3. The standard InChI is InChI=1S/C22H32ClN3O3/c1-13(2)19(26-21(28)17-10-5-6-11-18(17)23)22(29)25-16-9-7-8-15(12-16)20(27)24-14(3)4/h5-6,10-11,13-16,19H,7-9,12H2,1-4H3,(H,24,27)(H,25,29)(H,26,28). The molecule has 1 aromatic rings. The normalized spacial score (nSPS) is 20.2. The van der Waals surface area contributed by atoms with Crippen LogP contribution in [-0.4, -0.2) is 35.8 Å². The summed E-state index contributed by atoms with van der Waals surface area (Å²) in [5, 5.41) is 9.15. The Morgan fingerprint density at radius 3 is 2.34 bits per heavy atom. The highest BCUT2D eigenvalue weighted by atomic mass is 35.5. The molecular formula is C22H32ClN3O3. The molecule has 1 aliphatic carbocycles. The molecule has 29 heavy (non-hydrogen) atoms. The topological polar surface area (TPSA) is 87.3 Å². The Morgan fingerprint density at radius 2 is 1.72 bits per heavy atom. The number of halogens is 1. The lowest BCUT2D eigenvalue weighted by molar-refractivity contribution is -0.129. The number of nitrogens with one attached hydrogen (secondary N) is 3. The van der Waals surface area contributed by atoms with Crippen LogP contribution in [0.4, 0.5) is 0 Å². The Bertz CT molecular complexity index is 736. The van der Waals surface area contributed by atoms with Crippen LogP contribution < -0.4 is 16.0 Å². The van der Waals surface area contributed by atoms with E-state index in [1.165, 1.54) is 0 Å². The highest BCUT2D eigenvalue weighted by Gasteiger charge is 2.31. The molecule has 0 heterocycles. The minimum absolute atomic E-state index is 0.0476. The average molecular weight is 422 g/mol. The second-order valence-corrected chi connectivity index (χ2v) is 8.81. The quantitative estimate of drug-likeness (QED) is 0.631. The Hall–Kier alpha value is -2.08. The molecule has 1 saturated carbocycles. The van der Waals surface area contributed by atoms with Crippen molar-refractivity contribution >= 4 is 29.3 Å². The Labute approximate surface area is 178 Å². The van der Waals surface area contributed by atoms with Gasteiger partial charge < -0.3 is 16.0 Å². The highest BCUT2D eigenvalue weighted by molar-refractivity contribution is 6.33. The van der Waals surface area contributed by atoms with Gasteiger partial charge in [-0.3, -0.25) is 14.4 Å². The lowest BCUT2D eigenvalue weighted by atomic mass is 9.84. The zero-order valence-electron chi connectivity index (χ0n) is 17.6. The second kappa shape index (κ2) is 10.6. The zero-order valence-corrected chi connectivity index (χ0v) is 18.4. The first-order valence-electron chi connectivity index (χ1n) is 10.3. The predicted octanol–water partition coefficient (Wildman–Crippen LogP) is 3.29. The SMILES string of the molecule is CC(C)NC(=O)C1CCCC(NC(=O)C(NC(=O)c2ccccc2Cl)C(C)C)C1. The first-order valence-corrected chi connectivity index (χ1v) is 10.7. The molecule has 1 aromatic carbocycles. The summed E-state index contributed by atoms with van der Waals surface area (Å²) in [6.07, 6.45) is 3.18. The van der Waals surface area contributed by atoms with E-state index >= 15 is 0 Å². The number of carbonyl (C=O) groups is 3. The van der Waals surface area contributed by atoms with Crippen LogP contribution in [0.15, 0.2) is 24.3 Å². The fourth-order valence-corrected chi connectivity index (χ4v) is 3.87. The van der Waals surface area contributed by atoms with Gasteiger partial charge in [0.25, 0.3) is 5.91 Å². The summed E-state index contributed by atoms with van der Waals surface area (Å²) >= 11 is 6.10. The summed E-state index contributed by atoms with van der Waals surface area (Å²) in [5.74, 6) is -0.735. The van der Waals surface area contributed by atoms with Gasteiger partial charge >= 0.3 is 0 Å². The second-order valence-electron chi connectivity index (χ2n) is 8.41. The van der Waals surface area contributed by atoms with Crippen molar-refractivity contribution in [2.24, 2.45) is 11.8 Å². The molecular weight excluding hydrogens is 390 g/mol. The lowest BCUT2D eigenvalue weighted by Gasteiger charge is -2.31. The molecule has 6 nitrogen and oxygen atoms in total. The number of benzene rings is 1. The molecule has 0 aliphatic heterocycles. The molecule has 0 radical (unpaired) electrons. The minimum atomic E-state index is -0.677. The van der Waals surface area contributed by atoms with E-state index in [2.05, 4.69) is 16.0 Å². The van der Waals surface area contributed by atoms with Crippen molar-refractivity contribution in [3.05, 3.63) is 34.9 Å². The molecule has 1 aliphatic rings. The van der Waals surface area contributed by atoms with Gasteiger partial charge in [0, 0.05) is 18.0 Å². The van der Waals surface area contributed by atoms with Crippen molar-refractivity contribution in [2.45, 2.75) is 71.5 Å². The lowest BCUT2D eigenvalue weighted by Crippen LogP contribution is -2.53. The molecule has 3 unspecified atom stereocenters. The third-order valence-corrected chi connectivity index (χ3v) is 5.51. The van der Waals surface area contributed by atoms with Crippen LogP contribution in [-0.2, 0) is 9.59 Å². The molecule has 3 atom stereocenters. The van der Waals surface area contributed by atoms with E-state index in [0.717, 1.165) is 19.3 Å². The predicted molar refractivity (Wildman–Crippen MR) is 115 cm³/mol. The smallest absolute Gasteiger partial charge is 0.253 e. The maximum atomic E-state index is 12.9. The zero-order chi connectivity index (χ0) is 21.6. The number of rotatable bonds is 7. The van der Waals surface area contributed by atoms with E-state index in [9.17, 15) is 14.4 Å². The molecule has 7 heteroatoms. The molecule has 1 fully saturated rings. The van der Waals surface area contributed by atoms with Crippen LogP contribution in [0.1, 0.15) is 63.7 Å². The number of hydrogen-bond acceptors (Lipinski definition) is 3. The minimum Gasteiger partial charge on any atom is -0.354 e. The summed E-state index contributed by atoms with van der Waals surface area (Å²) < 4.78 is 0. The largest absolute Gasteiger partial charge is 0.354 e. The summed E-state index contributed by atoms with van der Waals surface area (Å²) in [6, 6.07) is 6.11. The number of carbonyl (C=O) groups excluding carboxylic acids is 3. The van der Waals surface area contributed by atoms with Crippen LogP contribution in [0.2, 0.25) is 5.02 Å². The van der Waals surface area contributed by atoms with Crippen LogP contribution in [0.5, 0.6) is 0 Å². The maximum absolute atomic E-state index is 12.9. The van der Waals surface area contributed by atoms with Gasteiger partial charge in [-0.05, 0) is 51.2 Å². The maximum Gasteiger partial charge on any atom is 0.253 e. The third-order valence-electron chi connectivity index (χ3n) is 5.18. The monoisotopic (exact) mass is 421 g/mol. The van der Waals surface area contributed by atoms with Crippen molar-refractivity contribution in [3.8, 4) is 0 Å². The molecule has 160 valence electrons. The van der Waals surface area contributed by atoms with Gasteiger partial charge in [0.2, 0.25) is 11.8 Å². The molecule has 0 spiro atoms. The first kappa shape index (κ1) is 23.2. The van der Waals surface area contributed by atoms with Crippen molar-refractivity contribution in [1.82, 2.24) is 16.0 Å². The highest BCUT2D eigenvalue weighted by Crippen LogP contribution is 2.25. The summed E-state index contributed by atoms with van der Waals surface area (Å²) in [7, 11) is 0. The van der Waals surface area contributed by atoms with E-state index < -0.39 is 6.04 Å². The van der Waals surface area contributed by atoms with Gasteiger partial charge in [0.1, 0.15) is 6.04 Å². The average Bonchev–Trinajstić information content (AvgIpc) is 2.65. The summed E-state index contributed by atoms with van der Waals surface area (Å²) in [6.45, 7) is 7.65. The fraction of sp³-hybridized carbons (Fsp3) is 0.591. The van der Waals surface area contributed by atoms with Crippen LogP contribution >= 0.6 is 11.6 Å². The Morgan fingerprint density at radius 1 is 1.03 bits per heavy atom. The molecule has 0 saturated heterocycles. The van der Waals surface area contributed by atoms with Gasteiger partial charge in [-0.25, -0.2) is 0 Å². The van der Waals surface area contributed by atoms with Crippen molar-refractivity contribution in [1.29, 1.82) is 0 Å². The van der Waals surface area contributed by atoms with Crippen LogP contribution in [0.3, 0.4) is 0 Å². The van der Waals surface area contributed by atoms with Crippen molar-refractivity contribution in [3.63, 3.8) is 0 Å². The van der Waals surface area contributed by atoms with E-state index in [0.29, 0.717) is 17.0 Å². The summed E-state index contributed by atoms with van der Waals surface area (Å²) in [4.78, 5) is 37.8. The van der Waals surface area contributed by atoms with Crippen molar-refractivity contribution < 1.29 is 14.4 Å². The van der Waals surface area contributed by atoms with E-state index in [1.54, 1.807) is 24.3 Å². The Balaban J connectivity index is 1.99. The Kier molecular flexibility index (Phi) is 8.50. The first-order chi connectivity index (χ1) is 13.7. The number of hydrogen-bond donors (Lipinski definition) is 3. The molecule has 0 aromatic heterocycles. The summed E-state index contributed by atoms with van der Waals surface area (Å²) in [5.41, 5.74) is 0.343. The molecule has 0 bridgehead atoms. The van der Waals surface area contributed by atoms with Gasteiger partial charge in [0.05, 0.1) is 10.6 Å². The van der Waals surface area contributed by atoms with E-state index in [4.69, 9.17) is 11.6 Å². The van der Waals surface area contributed by atoms with Gasteiger partial charge in [-0.1, -0.05) is 44.0 Å².